The molecule has 0 aromatic heterocycles. The quantitative estimate of drug-likeness (QED) is 0.535. The fourth-order valence-corrected chi connectivity index (χ4v) is 6.05. The molecule has 1 heterocycles. The SMILES string of the molecule is O=P(c1ccccc1)(c1ccccc1)N1C[C@H]1c1ccccc1. The second kappa shape index (κ2) is 5.81. The largest absolute Gasteiger partial charge is 0.296 e. The van der Waals surface area contributed by atoms with Gasteiger partial charge in [-0.2, -0.15) is 0 Å². The number of hydrogen-bond donors (Lipinski definition) is 0. The van der Waals surface area contributed by atoms with E-state index in [-0.39, 0.29) is 6.04 Å². The van der Waals surface area contributed by atoms with Crippen LogP contribution in [0.5, 0.6) is 0 Å². The Morgan fingerprint density at radius 2 is 1.13 bits per heavy atom. The summed E-state index contributed by atoms with van der Waals surface area (Å²) in [6, 6.07) is 30.3. The molecule has 1 aliphatic rings. The van der Waals surface area contributed by atoms with Crippen molar-refractivity contribution in [1.82, 2.24) is 4.67 Å². The standard InChI is InChI=1S/C20H18NOP/c22-23(18-12-6-2-7-13-18,19-14-8-3-9-15-19)21-16-20(21)17-10-4-1-5-11-17/h1-15,20H,16H2/t20-,21?/m0/s1. The molecule has 23 heavy (non-hydrogen) atoms. The van der Waals surface area contributed by atoms with Gasteiger partial charge in [0.1, 0.15) is 0 Å². The summed E-state index contributed by atoms with van der Waals surface area (Å²) in [6.45, 7) is 0.838. The predicted molar refractivity (Wildman–Crippen MR) is 95.6 cm³/mol. The lowest BCUT2D eigenvalue weighted by molar-refractivity contribution is 0.559. The van der Waals surface area contributed by atoms with Gasteiger partial charge >= 0.3 is 0 Å². The maximum absolute atomic E-state index is 14.1. The summed E-state index contributed by atoms with van der Waals surface area (Å²) < 4.78 is 16.2. The van der Waals surface area contributed by atoms with Crippen LogP contribution in [0.25, 0.3) is 0 Å². The minimum atomic E-state index is -2.77. The molecule has 1 aliphatic heterocycles. The fourth-order valence-electron chi connectivity index (χ4n) is 3.10. The molecule has 1 saturated heterocycles. The average molecular weight is 319 g/mol. The summed E-state index contributed by atoms with van der Waals surface area (Å²) in [5.74, 6) is 0. The van der Waals surface area contributed by atoms with E-state index in [0.29, 0.717) is 0 Å². The maximum Gasteiger partial charge on any atom is 0.207 e. The van der Waals surface area contributed by atoms with Gasteiger partial charge in [0.25, 0.3) is 0 Å². The highest BCUT2D eigenvalue weighted by Gasteiger charge is 2.49. The van der Waals surface area contributed by atoms with Crippen molar-refractivity contribution in [3.8, 4) is 0 Å². The summed E-state index contributed by atoms with van der Waals surface area (Å²) in [5.41, 5.74) is 1.24. The van der Waals surface area contributed by atoms with Crippen LogP contribution in [0.4, 0.5) is 0 Å². The van der Waals surface area contributed by atoms with Gasteiger partial charge in [0.15, 0.2) is 0 Å². The van der Waals surface area contributed by atoms with Crippen LogP contribution in [0.15, 0.2) is 91.0 Å². The van der Waals surface area contributed by atoms with E-state index in [4.69, 9.17) is 0 Å². The van der Waals surface area contributed by atoms with Gasteiger partial charge in [-0.25, -0.2) is 4.67 Å². The van der Waals surface area contributed by atoms with E-state index in [0.717, 1.165) is 17.2 Å². The Kier molecular flexibility index (Phi) is 3.65. The zero-order chi connectivity index (χ0) is 15.7. The first-order valence-electron chi connectivity index (χ1n) is 7.83. The van der Waals surface area contributed by atoms with Gasteiger partial charge in [-0.3, -0.25) is 4.57 Å². The van der Waals surface area contributed by atoms with E-state index in [1.807, 2.05) is 78.9 Å². The molecule has 3 aromatic rings. The summed E-state index contributed by atoms with van der Waals surface area (Å²) in [4.78, 5) is 0. The lowest BCUT2D eigenvalue weighted by Crippen LogP contribution is -2.21. The predicted octanol–water partition coefficient (Wildman–Crippen LogP) is 3.97. The molecule has 3 aromatic carbocycles. The summed E-state index contributed by atoms with van der Waals surface area (Å²) in [7, 11) is -2.77. The van der Waals surface area contributed by atoms with Gasteiger partial charge in [-0.05, 0) is 29.8 Å². The molecule has 0 bridgehead atoms. The maximum atomic E-state index is 14.1. The molecule has 3 heteroatoms. The third-order valence-electron chi connectivity index (χ3n) is 4.34. The lowest BCUT2D eigenvalue weighted by Gasteiger charge is -2.21. The zero-order valence-corrected chi connectivity index (χ0v) is 13.6. The Morgan fingerprint density at radius 1 is 0.696 bits per heavy atom. The molecule has 0 amide bonds. The van der Waals surface area contributed by atoms with Crippen molar-refractivity contribution < 1.29 is 4.57 Å². The first-order chi connectivity index (χ1) is 11.3. The van der Waals surface area contributed by atoms with Crippen molar-refractivity contribution in [3.05, 3.63) is 96.6 Å². The van der Waals surface area contributed by atoms with Crippen molar-refractivity contribution in [2.24, 2.45) is 0 Å². The molecule has 2 atom stereocenters. The zero-order valence-electron chi connectivity index (χ0n) is 12.7. The minimum absolute atomic E-state index is 0.238. The smallest absolute Gasteiger partial charge is 0.207 e. The highest BCUT2D eigenvalue weighted by molar-refractivity contribution is 7.76. The second-order valence-electron chi connectivity index (χ2n) is 5.80. The van der Waals surface area contributed by atoms with E-state index in [2.05, 4.69) is 16.8 Å². The molecule has 2 nitrogen and oxygen atoms in total. The number of rotatable bonds is 4. The highest BCUT2D eigenvalue weighted by atomic mass is 31.2. The Balaban J connectivity index is 1.78. The number of hydrogen-bond acceptors (Lipinski definition) is 1. The minimum Gasteiger partial charge on any atom is -0.296 e. The van der Waals surface area contributed by atoms with Crippen molar-refractivity contribution in [1.29, 1.82) is 0 Å². The van der Waals surface area contributed by atoms with Crippen LogP contribution < -0.4 is 10.6 Å². The highest BCUT2D eigenvalue weighted by Crippen LogP contribution is 2.59. The molecule has 1 unspecified atom stereocenters. The van der Waals surface area contributed by atoms with Crippen LogP contribution in [-0.2, 0) is 4.57 Å². The van der Waals surface area contributed by atoms with Gasteiger partial charge in [-0.1, -0.05) is 66.7 Å². The second-order valence-corrected chi connectivity index (χ2v) is 8.49. The van der Waals surface area contributed by atoms with Crippen LogP contribution in [-0.4, -0.2) is 11.2 Å². The van der Waals surface area contributed by atoms with Crippen molar-refractivity contribution in [2.75, 3.05) is 6.54 Å². The van der Waals surface area contributed by atoms with Gasteiger partial charge in [-0.15, -0.1) is 0 Å². The molecule has 0 aliphatic carbocycles. The average Bonchev–Trinajstić information content (AvgIpc) is 3.45. The van der Waals surface area contributed by atoms with Crippen molar-refractivity contribution in [2.45, 2.75) is 6.04 Å². The molecule has 1 fully saturated rings. The fraction of sp³-hybridized carbons (Fsp3) is 0.100. The molecule has 0 saturated carbocycles. The Labute approximate surface area is 136 Å². The number of nitrogens with zero attached hydrogens (tertiary/aromatic N) is 1. The molecule has 114 valence electrons. The van der Waals surface area contributed by atoms with E-state index in [1.54, 1.807) is 0 Å². The monoisotopic (exact) mass is 319 g/mol. The Bertz CT molecular complexity index is 790. The summed E-state index contributed by atoms with van der Waals surface area (Å²) in [5, 5.41) is 1.81. The normalized spacial score (nSPS) is 20.2. The van der Waals surface area contributed by atoms with E-state index < -0.39 is 7.29 Å². The van der Waals surface area contributed by atoms with Gasteiger partial charge in [0.2, 0.25) is 7.29 Å². The topological polar surface area (TPSA) is 20.1 Å². The molecular formula is C20H18NOP. The number of benzene rings is 3. The van der Waals surface area contributed by atoms with Crippen LogP contribution in [0.3, 0.4) is 0 Å². The Morgan fingerprint density at radius 3 is 1.61 bits per heavy atom. The van der Waals surface area contributed by atoms with Gasteiger partial charge in [0, 0.05) is 17.2 Å². The van der Waals surface area contributed by atoms with Crippen LogP contribution in [0, 0.1) is 0 Å². The van der Waals surface area contributed by atoms with E-state index in [9.17, 15) is 4.57 Å². The van der Waals surface area contributed by atoms with Crippen LogP contribution >= 0.6 is 7.29 Å². The molecular weight excluding hydrogens is 301 g/mol. The van der Waals surface area contributed by atoms with Gasteiger partial charge < -0.3 is 0 Å². The van der Waals surface area contributed by atoms with Crippen LogP contribution in [0.2, 0.25) is 0 Å². The first-order valence-corrected chi connectivity index (χ1v) is 9.49. The third kappa shape index (κ3) is 2.55. The first kappa shape index (κ1) is 14.4. The molecule has 0 radical (unpaired) electrons. The molecule has 0 N–H and O–H groups in total. The Hall–Kier alpha value is -2.15. The molecule has 4 rings (SSSR count). The third-order valence-corrected chi connectivity index (χ3v) is 7.51. The molecule has 0 spiro atoms. The van der Waals surface area contributed by atoms with E-state index in [1.165, 1.54) is 5.56 Å². The van der Waals surface area contributed by atoms with E-state index >= 15 is 0 Å². The van der Waals surface area contributed by atoms with Crippen molar-refractivity contribution in [3.63, 3.8) is 0 Å². The van der Waals surface area contributed by atoms with Crippen molar-refractivity contribution >= 4 is 17.9 Å². The summed E-state index contributed by atoms with van der Waals surface area (Å²) >= 11 is 0. The van der Waals surface area contributed by atoms with Gasteiger partial charge in [0.05, 0.1) is 6.04 Å². The lowest BCUT2D eigenvalue weighted by atomic mass is 10.2. The van der Waals surface area contributed by atoms with Crippen LogP contribution in [0.1, 0.15) is 11.6 Å². The summed E-state index contributed by atoms with van der Waals surface area (Å²) in [6.07, 6.45) is 0.